The number of carbonyl (C=O) groups is 1. The second-order valence-electron chi connectivity index (χ2n) is 3.01. The van der Waals surface area contributed by atoms with Crippen molar-refractivity contribution in [1.29, 1.82) is 0 Å². The minimum absolute atomic E-state index is 0.474. The highest BCUT2D eigenvalue weighted by Gasteiger charge is 2.19. The number of likely N-dealkylation sites (N-methyl/N-ethyl adjacent to an activating group) is 1. The van der Waals surface area contributed by atoms with Crippen molar-refractivity contribution in [2.75, 3.05) is 14.2 Å². The summed E-state index contributed by atoms with van der Waals surface area (Å²) in [5.74, 6) is 0.107. The number of primary amides is 1. The molecule has 0 aliphatic heterocycles. The lowest BCUT2D eigenvalue weighted by Gasteiger charge is -2.16. The van der Waals surface area contributed by atoms with E-state index in [4.69, 9.17) is 22.1 Å². The van der Waals surface area contributed by atoms with Crippen molar-refractivity contribution in [1.82, 2.24) is 5.32 Å². The van der Waals surface area contributed by atoms with Gasteiger partial charge in [0.1, 0.15) is 11.8 Å². The molecule has 0 saturated carbocycles. The number of ether oxygens (including phenoxy) is 1. The SMILES string of the molecule is CNC(C(N)=O)c1cc(Cl)ccc1OC. The fraction of sp³-hybridized carbons (Fsp3) is 0.300. The van der Waals surface area contributed by atoms with Crippen molar-refractivity contribution in [3.8, 4) is 5.75 Å². The number of nitrogens with one attached hydrogen (secondary N) is 1. The van der Waals surface area contributed by atoms with Crippen LogP contribution in [0.1, 0.15) is 11.6 Å². The Bertz CT molecular complexity index is 368. The van der Waals surface area contributed by atoms with Crippen LogP contribution in [0.4, 0.5) is 0 Å². The fourth-order valence-corrected chi connectivity index (χ4v) is 1.56. The third-order valence-electron chi connectivity index (χ3n) is 2.08. The third kappa shape index (κ3) is 2.61. The molecule has 0 aliphatic rings. The van der Waals surface area contributed by atoms with Gasteiger partial charge in [-0.05, 0) is 25.2 Å². The molecule has 1 atom stereocenters. The van der Waals surface area contributed by atoms with Gasteiger partial charge >= 0.3 is 0 Å². The van der Waals surface area contributed by atoms with Crippen LogP contribution in [0.15, 0.2) is 18.2 Å². The molecule has 0 heterocycles. The summed E-state index contributed by atoms with van der Waals surface area (Å²) in [6.45, 7) is 0. The summed E-state index contributed by atoms with van der Waals surface area (Å²) >= 11 is 5.84. The summed E-state index contributed by atoms with van der Waals surface area (Å²) in [6.07, 6.45) is 0. The molecule has 1 aromatic rings. The van der Waals surface area contributed by atoms with E-state index in [9.17, 15) is 4.79 Å². The quantitative estimate of drug-likeness (QED) is 0.811. The van der Waals surface area contributed by atoms with Crippen molar-refractivity contribution in [3.63, 3.8) is 0 Å². The first-order chi connectivity index (χ1) is 7.10. The van der Waals surface area contributed by atoms with Crippen LogP contribution in [0.3, 0.4) is 0 Å². The van der Waals surface area contributed by atoms with Crippen LogP contribution in [0.25, 0.3) is 0 Å². The van der Waals surface area contributed by atoms with Crippen LogP contribution >= 0.6 is 11.6 Å². The highest BCUT2D eigenvalue weighted by molar-refractivity contribution is 6.30. The zero-order chi connectivity index (χ0) is 11.4. The molecule has 0 saturated heterocycles. The summed E-state index contributed by atoms with van der Waals surface area (Å²) in [5.41, 5.74) is 5.89. The fourth-order valence-electron chi connectivity index (χ4n) is 1.38. The van der Waals surface area contributed by atoms with Gasteiger partial charge in [-0.1, -0.05) is 11.6 Å². The molecule has 0 aliphatic carbocycles. The normalized spacial score (nSPS) is 12.2. The number of methoxy groups -OCH3 is 1. The van der Waals surface area contributed by atoms with E-state index in [1.807, 2.05) is 0 Å². The zero-order valence-corrected chi connectivity index (χ0v) is 9.34. The first-order valence-corrected chi connectivity index (χ1v) is 4.78. The summed E-state index contributed by atoms with van der Waals surface area (Å²) < 4.78 is 5.13. The van der Waals surface area contributed by atoms with Gasteiger partial charge in [-0.2, -0.15) is 0 Å². The van der Waals surface area contributed by atoms with Crippen LogP contribution in [0, 0.1) is 0 Å². The van der Waals surface area contributed by atoms with Crippen molar-refractivity contribution in [2.24, 2.45) is 5.73 Å². The number of hydrogen-bond acceptors (Lipinski definition) is 3. The van der Waals surface area contributed by atoms with E-state index in [0.29, 0.717) is 16.3 Å². The Morgan fingerprint density at radius 2 is 2.27 bits per heavy atom. The molecule has 1 amide bonds. The average molecular weight is 229 g/mol. The second kappa shape index (κ2) is 5.00. The first kappa shape index (κ1) is 11.8. The highest BCUT2D eigenvalue weighted by atomic mass is 35.5. The van der Waals surface area contributed by atoms with E-state index in [0.717, 1.165) is 0 Å². The molecule has 1 unspecified atom stereocenters. The van der Waals surface area contributed by atoms with Crippen molar-refractivity contribution >= 4 is 17.5 Å². The number of rotatable bonds is 4. The van der Waals surface area contributed by atoms with E-state index in [1.165, 1.54) is 7.11 Å². The molecule has 1 aromatic carbocycles. The highest BCUT2D eigenvalue weighted by Crippen LogP contribution is 2.27. The Balaban J connectivity index is 3.19. The molecule has 0 aromatic heterocycles. The Hall–Kier alpha value is -1.26. The van der Waals surface area contributed by atoms with Crippen LogP contribution in [-0.2, 0) is 4.79 Å². The van der Waals surface area contributed by atoms with E-state index in [1.54, 1.807) is 25.2 Å². The number of benzene rings is 1. The maximum atomic E-state index is 11.2. The monoisotopic (exact) mass is 228 g/mol. The minimum atomic E-state index is -0.598. The molecular formula is C10H13ClN2O2. The maximum Gasteiger partial charge on any atom is 0.239 e. The minimum Gasteiger partial charge on any atom is -0.496 e. The van der Waals surface area contributed by atoms with Crippen LogP contribution in [0.5, 0.6) is 5.75 Å². The Kier molecular flexibility index (Phi) is 3.94. The summed E-state index contributed by atoms with van der Waals surface area (Å²) in [5, 5.41) is 3.34. The molecule has 1 rings (SSSR count). The van der Waals surface area contributed by atoms with Crippen LogP contribution in [-0.4, -0.2) is 20.1 Å². The molecule has 15 heavy (non-hydrogen) atoms. The van der Waals surface area contributed by atoms with E-state index in [-0.39, 0.29) is 0 Å². The second-order valence-corrected chi connectivity index (χ2v) is 3.45. The van der Waals surface area contributed by atoms with Gasteiger partial charge in [0.15, 0.2) is 0 Å². The van der Waals surface area contributed by atoms with Gasteiger partial charge in [-0.3, -0.25) is 4.79 Å². The molecule has 5 heteroatoms. The Morgan fingerprint density at radius 3 is 2.73 bits per heavy atom. The lowest BCUT2D eigenvalue weighted by Crippen LogP contribution is -2.31. The van der Waals surface area contributed by atoms with Gasteiger partial charge in [0.05, 0.1) is 7.11 Å². The van der Waals surface area contributed by atoms with Crippen molar-refractivity contribution < 1.29 is 9.53 Å². The Labute approximate surface area is 93.4 Å². The molecule has 3 N–H and O–H groups in total. The molecule has 0 radical (unpaired) electrons. The average Bonchev–Trinajstić information content (AvgIpc) is 2.18. The van der Waals surface area contributed by atoms with Gasteiger partial charge < -0.3 is 15.8 Å². The number of hydrogen-bond donors (Lipinski definition) is 2. The molecule has 0 spiro atoms. The van der Waals surface area contributed by atoms with Crippen LogP contribution in [0.2, 0.25) is 5.02 Å². The van der Waals surface area contributed by atoms with Crippen LogP contribution < -0.4 is 15.8 Å². The number of halogens is 1. The molecule has 0 fully saturated rings. The van der Waals surface area contributed by atoms with Crippen molar-refractivity contribution in [2.45, 2.75) is 6.04 Å². The maximum absolute atomic E-state index is 11.2. The first-order valence-electron chi connectivity index (χ1n) is 4.40. The summed E-state index contributed by atoms with van der Waals surface area (Å²) in [7, 11) is 3.18. The van der Waals surface area contributed by atoms with Gasteiger partial charge in [-0.15, -0.1) is 0 Å². The van der Waals surface area contributed by atoms with Gasteiger partial charge in [0.2, 0.25) is 5.91 Å². The summed E-state index contributed by atoms with van der Waals surface area (Å²) in [4.78, 5) is 11.2. The number of amides is 1. The van der Waals surface area contributed by atoms with Gasteiger partial charge in [0.25, 0.3) is 0 Å². The van der Waals surface area contributed by atoms with Crippen molar-refractivity contribution in [3.05, 3.63) is 28.8 Å². The molecule has 4 nitrogen and oxygen atoms in total. The van der Waals surface area contributed by atoms with E-state index >= 15 is 0 Å². The molecule has 82 valence electrons. The van der Waals surface area contributed by atoms with E-state index < -0.39 is 11.9 Å². The smallest absolute Gasteiger partial charge is 0.239 e. The summed E-state index contributed by atoms with van der Waals surface area (Å²) in [6, 6.07) is 4.45. The topological polar surface area (TPSA) is 64.3 Å². The lowest BCUT2D eigenvalue weighted by atomic mass is 10.1. The molecular weight excluding hydrogens is 216 g/mol. The largest absolute Gasteiger partial charge is 0.496 e. The predicted octanol–water partition coefficient (Wildman–Crippen LogP) is 1.09. The third-order valence-corrected chi connectivity index (χ3v) is 2.31. The predicted molar refractivity (Wildman–Crippen MR) is 59.0 cm³/mol. The van der Waals surface area contributed by atoms with Gasteiger partial charge in [0, 0.05) is 10.6 Å². The lowest BCUT2D eigenvalue weighted by molar-refractivity contribution is -0.120. The van der Waals surface area contributed by atoms with E-state index in [2.05, 4.69) is 5.32 Å². The van der Waals surface area contributed by atoms with Gasteiger partial charge in [-0.25, -0.2) is 0 Å². The number of nitrogens with two attached hydrogens (primary N) is 1. The Morgan fingerprint density at radius 1 is 1.60 bits per heavy atom. The zero-order valence-electron chi connectivity index (χ0n) is 8.58. The molecule has 0 bridgehead atoms. The number of carbonyl (C=O) groups excluding carboxylic acids is 1. The standard InChI is InChI=1S/C10H13ClN2O2/c1-13-9(10(12)14)7-5-6(11)3-4-8(7)15-2/h3-5,9,13H,1-2H3,(H2,12,14).